The van der Waals surface area contributed by atoms with Crippen molar-refractivity contribution in [2.45, 2.75) is 6.92 Å². The standard InChI is InChI=1S/C12H13NO2/c1-8-7-10(14-2)11-9(12(8)15-3)5-4-6-13-11/h4-7H,1-3H3. The van der Waals surface area contributed by atoms with E-state index in [-0.39, 0.29) is 0 Å². The smallest absolute Gasteiger partial charge is 0.145 e. The van der Waals surface area contributed by atoms with E-state index in [0.29, 0.717) is 0 Å². The third kappa shape index (κ3) is 1.50. The number of hydrogen-bond donors (Lipinski definition) is 0. The molecule has 3 nitrogen and oxygen atoms in total. The van der Waals surface area contributed by atoms with Gasteiger partial charge in [0.25, 0.3) is 0 Å². The predicted octanol–water partition coefficient (Wildman–Crippen LogP) is 2.56. The molecule has 0 amide bonds. The van der Waals surface area contributed by atoms with E-state index < -0.39 is 0 Å². The van der Waals surface area contributed by atoms with E-state index in [1.165, 1.54) is 0 Å². The molecule has 78 valence electrons. The van der Waals surface area contributed by atoms with Crippen LogP contribution in [-0.2, 0) is 0 Å². The Bertz CT molecular complexity index is 494. The number of aryl methyl sites for hydroxylation is 1. The number of ether oxygens (including phenoxy) is 2. The van der Waals surface area contributed by atoms with Crippen molar-refractivity contribution in [1.82, 2.24) is 4.98 Å². The predicted molar refractivity (Wildman–Crippen MR) is 59.6 cm³/mol. The van der Waals surface area contributed by atoms with Crippen LogP contribution < -0.4 is 9.47 Å². The number of benzene rings is 1. The molecule has 0 fully saturated rings. The number of methoxy groups -OCH3 is 2. The van der Waals surface area contributed by atoms with Crippen LogP contribution in [0.25, 0.3) is 10.9 Å². The molecule has 0 aliphatic rings. The third-order valence-electron chi connectivity index (χ3n) is 2.42. The van der Waals surface area contributed by atoms with E-state index in [4.69, 9.17) is 9.47 Å². The van der Waals surface area contributed by atoms with Crippen molar-refractivity contribution < 1.29 is 9.47 Å². The molecule has 0 aliphatic heterocycles. The first-order valence-corrected chi connectivity index (χ1v) is 4.74. The van der Waals surface area contributed by atoms with Gasteiger partial charge in [-0.1, -0.05) is 0 Å². The molecule has 2 aromatic rings. The van der Waals surface area contributed by atoms with Gasteiger partial charge in [-0.15, -0.1) is 0 Å². The highest BCUT2D eigenvalue weighted by molar-refractivity contribution is 5.91. The molecule has 0 atom stereocenters. The summed E-state index contributed by atoms with van der Waals surface area (Å²) in [6.45, 7) is 1.99. The minimum atomic E-state index is 0.781. The second-order valence-electron chi connectivity index (χ2n) is 3.33. The van der Waals surface area contributed by atoms with Gasteiger partial charge >= 0.3 is 0 Å². The second kappa shape index (κ2) is 3.77. The summed E-state index contributed by atoms with van der Waals surface area (Å²) in [5.74, 6) is 1.64. The summed E-state index contributed by atoms with van der Waals surface area (Å²) in [6, 6.07) is 5.81. The molecular formula is C12H13NO2. The normalized spacial score (nSPS) is 10.3. The van der Waals surface area contributed by atoms with Gasteiger partial charge in [-0.05, 0) is 30.7 Å². The first-order valence-electron chi connectivity index (χ1n) is 4.74. The van der Waals surface area contributed by atoms with E-state index in [9.17, 15) is 0 Å². The van der Waals surface area contributed by atoms with E-state index in [0.717, 1.165) is 28.0 Å². The monoisotopic (exact) mass is 203 g/mol. The number of fused-ring (bicyclic) bond motifs is 1. The first-order chi connectivity index (χ1) is 7.27. The Morgan fingerprint density at radius 3 is 2.67 bits per heavy atom. The Kier molecular flexibility index (Phi) is 2.46. The molecule has 0 radical (unpaired) electrons. The zero-order valence-corrected chi connectivity index (χ0v) is 9.07. The minimum Gasteiger partial charge on any atom is -0.496 e. The van der Waals surface area contributed by atoms with Crippen LogP contribution in [0.4, 0.5) is 0 Å². The lowest BCUT2D eigenvalue weighted by Gasteiger charge is -2.11. The number of aromatic nitrogens is 1. The van der Waals surface area contributed by atoms with Crippen molar-refractivity contribution in [3.63, 3.8) is 0 Å². The largest absolute Gasteiger partial charge is 0.496 e. The quantitative estimate of drug-likeness (QED) is 0.751. The molecule has 1 heterocycles. The van der Waals surface area contributed by atoms with Crippen molar-refractivity contribution in [1.29, 1.82) is 0 Å². The van der Waals surface area contributed by atoms with Crippen LogP contribution in [0.3, 0.4) is 0 Å². The van der Waals surface area contributed by atoms with Crippen molar-refractivity contribution in [3.05, 3.63) is 30.0 Å². The molecule has 0 unspecified atom stereocenters. The Hall–Kier alpha value is -1.77. The average molecular weight is 203 g/mol. The van der Waals surface area contributed by atoms with Crippen LogP contribution in [0.15, 0.2) is 24.4 Å². The van der Waals surface area contributed by atoms with Gasteiger partial charge in [0, 0.05) is 11.6 Å². The van der Waals surface area contributed by atoms with Gasteiger partial charge < -0.3 is 9.47 Å². The molecule has 1 aromatic carbocycles. The lowest BCUT2D eigenvalue weighted by Crippen LogP contribution is -1.93. The fourth-order valence-electron chi connectivity index (χ4n) is 1.75. The molecule has 3 heteroatoms. The molecule has 0 saturated carbocycles. The summed E-state index contributed by atoms with van der Waals surface area (Å²) in [7, 11) is 3.32. The maximum absolute atomic E-state index is 5.36. The van der Waals surface area contributed by atoms with Gasteiger partial charge in [-0.3, -0.25) is 4.98 Å². The highest BCUT2D eigenvalue weighted by atomic mass is 16.5. The molecule has 15 heavy (non-hydrogen) atoms. The van der Waals surface area contributed by atoms with Crippen molar-refractivity contribution in [2.24, 2.45) is 0 Å². The highest BCUT2D eigenvalue weighted by Crippen LogP contribution is 2.34. The fraction of sp³-hybridized carbons (Fsp3) is 0.250. The fourth-order valence-corrected chi connectivity index (χ4v) is 1.75. The summed E-state index contributed by atoms with van der Waals surface area (Å²) in [4.78, 5) is 4.30. The van der Waals surface area contributed by atoms with Crippen LogP contribution in [0.1, 0.15) is 5.56 Å². The molecule has 1 aromatic heterocycles. The number of rotatable bonds is 2. The maximum atomic E-state index is 5.36. The Morgan fingerprint density at radius 2 is 2.00 bits per heavy atom. The first kappa shape index (κ1) is 9.77. The summed E-state index contributed by atoms with van der Waals surface area (Å²) in [5.41, 5.74) is 1.89. The summed E-state index contributed by atoms with van der Waals surface area (Å²) >= 11 is 0. The van der Waals surface area contributed by atoms with Crippen LogP contribution in [-0.4, -0.2) is 19.2 Å². The second-order valence-corrected chi connectivity index (χ2v) is 3.33. The van der Waals surface area contributed by atoms with Crippen molar-refractivity contribution >= 4 is 10.9 Å². The van der Waals surface area contributed by atoms with E-state index >= 15 is 0 Å². The SMILES string of the molecule is COc1c(C)cc(OC)c2ncccc12. The molecule has 0 N–H and O–H groups in total. The topological polar surface area (TPSA) is 31.4 Å². The number of nitrogens with zero attached hydrogens (tertiary/aromatic N) is 1. The Labute approximate surface area is 88.7 Å². The third-order valence-corrected chi connectivity index (χ3v) is 2.42. The van der Waals surface area contributed by atoms with Gasteiger partial charge in [0.05, 0.1) is 14.2 Å². The van der Waals surface area contributed by atoms with Gasteiger partial charge in [0.2, 0.25) is 0 Å². The van der Waals surface area contributed by atoms with Crippen LogP contribution in [0, 0.1) is 6.92 Å². The zero-order valence-electron chi connectivity index (χ0n) is 9.07. The van der Waals surface area contributed by atoms with Crippen LogP contribution in [0.2, 0.25) is 0 Å². The summed E-state index contributed by atoms with van der Waals surface area (Å²) in [5, 5.41) is 0.983. The number of pyridine rings is 1. The molecule has 0 spiro atoms. The van der Waals surface area contributed by atoms with Gasteiger partial charge in [0.1, 0.15) is 17.0 Å². The lowest BCUT2D eigenvalue weighted by atomic mass is 10.1. The van der Waals surface area contributed by atoms with E-state index in [1.807, 2.05) is 25.1 Å². The summed E-state index contributed by atoms with van der Waals surface area (Å²) < 4.78 is 10.7. The Balaban J connectivity index is 2.86. The van der Waals surface area contributed by atoms with Gasteiger partial charge in [0.15, 0.2) is 0 Å². The molecule has 2 rings (SSSR count). The zero-order chi connectivity index (χ0) is 10.8. The van der Waals surface area contributed by atoms with Crippen molar-refractivity contribution in [3.8, 4) is 11.5 Å². The van der Waals surface area contributed by atoms with Crippen molar-refractivity contribution in [2.75, 3.05) is 14.2 Å². The van der Waals surface area contributed by atoms with E-state index in [2.05, 4.69) is 4.98 Å². The molecular weight excluding hydrogens is 190 g/mol. The Morgan fingerprint density at radius 1 is 1.20 bits per heavy atom. The minimum absolute atomic E-state index is 0.781. The van der Waals surface area contributed by atoms with Crippen LogP contribution in [0.5, 0.6) is 11.5 Å². The maximum Gasteiger partial charge on any atom is 0.145 e. The van der Waals surface area contributed by atoms with E-state index in [1.54, 1.807) is 20.4 Å². The number of hydrogen-bond acceptors (Lipinski definition) is 3. The molecule has 0 bridgehead atoms. The molecule has 0 saturated heterocycles. The van der Waals surface area contributed by atoms with Gasteiger partial charge in [-0.2, -0.15) is 0 Å². The summed E-state index contributed by atoms with van der Waals surface area (Å²) in [6.07, 6.45) is 1.75. The van der Waals surface area contributed by atoms with Crippen LogP contribution >= 0.6 is 0 Å². The highest BCUT2D eigenvalue weighted by Gasteiger charge is 2.10. The van der Waals surface area contributed by atoms with Gasteiger partial charge in [-0.25, -0.2) is 0 Å². The molecule has 0 aliphatic carbocycles. The lowest BCUT2D eigenvalue weighted by molar-refractivity contribution is 0.407. The average Bonchev–Trinajstić information content (AvgIpc) is 2.28.